The first-order valence-corrected chi connectivity index (χ1v) is 11.3. The SMILES string of the molecule is O=C(OCCc1cc2cc(Br)ccc2o1)c1cccc(N2CCCS2(=O)=O)c1. The minimum absolute atomic E-state index is 0.135. The van der Waals surface area contributed by atoms with Gasteiger partial charge in [0.2, 0.25) is 10.0 Å². The summed E-state index contributed by atoms with van der Waals surface area (Å²) >= 11 is 3.42. The van der Waals surface area contributed by atoms with Crippen molar-refractivity contribution in [3.05, 3.63) is 64.3 Å². The Hall–Kier alpha value is -2.32. The second kappa shape index (κ2) is 7.60. The van der Waals surface area contributed by atoms with E-state index in [1.807, 2.05) is 24.3 Å². The molecule has 0 spiro atoms. The molecule has 0 atom stereocenters. The van der Waals surface area contributed by atoms with Gasteiger partial charge in [-0.2, -0.15) is 0 Å². The van der Waals surface area contributed by atoms with E-state index in [4.69, 9.17) is 9.15 Å². The van der Waals surface area contributed by atoms with Gasteiger partial charge in [0, 0.05) is 22.8 Å². The molecule has 4 rings (SSSR count). The van der Waals surface area contributed by atoms with Crippen LogP contribution >= 0.6 is 15.9 Å². The summed E-state index contributed by atoms with van der Waals surface area (Å²) in [5.74, 6) is 0.380. The Bertz CT molecular complexity index is 1140. The van der Waals surface area contributed by atoms with Crippen LogP contribution in [0.5, 0.6) is 0 Å². The highest BCUT2D eigenvalue weighted by atomic mass is 79.9. The van der Waals surface area contributed by atoms with Crippen molar-refractivity contribution in [2.24, 2.45) is 0 Å². The number of hydrogen-bond acceptors (Lipinski definition) is 5. The van der Waals surface area contributed by atoms with E-state index >= 15 is 0 Å². The molecule has 1 aliphatic heterocycles. The second-order valence-corrected chi connectivity index (χ2v) is 9.50. The molecule has 1 aliphatic rings. The Labute approximate surface area is 171 Å². The minimum atomic E-state index is -3.29. The van der Waals surface area contributed by atoms with Gasteiger partial charge in [-0.1, -0.05) is 22.0 Å². The number of esters is 1. The Kier molecular flexibility index (Phi) is 5.16. The summed E-state index contributed by atoms with van der Waals surface area (Å²) in [5.41, 5.74) is 1.60. The number of anilines is 1. The van der Waals surface area contributed by atoms with Gasteiger partial charge in [0.1, 0.15) is 11.3 Å². The Morgan fingerprint density at radius 1 is 1.18 bits per heavy atom. The van der Waals surface area contributed by atoms with E-state index in [1.54, 1.807) is 24.3 Å². The summed E-state index contributed by atoms with van der Waals surface area (Å²) in [6, 6.07) is 14.2. The predicted molar refractivity (Wildman–Crippen MR) is 110 cm³/mol. The quantitative estimate of drug-likeness (QED) is 0.531. The van der Waals surface area contributed by atoms with E-state index in [0.717, 1.165) is 21.2 Å². The standard InChI is InChI=1S/C20H18BrNO5S/c21-16-5-6-19-15(11-16)13-18(27-19)7-9-26-20(23)14-3-1-4-17(12-14)22-8-2-10-28(22,24)25/h1,3-6,11-13H,2,7-10H2. The van der Waals surface area contributed by atoms with Crippen LogP contribution in [0.25, 0.3) is 11.0 Å². The normalized spacial score (nSPS) is 15.8. The Balaban J connectivity index is 1.40. The van der Waals surface area contributed by atoms with Crippen molar-refractivity contribution in [2.45, 2.75) is 12.8 Å². The van der Waals surface area contributed by atoms with Crippen LogP contribution in [0.15, 0.2) is 57.4 Å². The predicted octanol–water partition coefficient (Wildman–Crippen LogP) is 4.13. The number of rotatable bonds is 5. The molecule has 0 bridgehead atoms. The molecule has 28 heavy (non-hydrogen) atoms. The maximum atomic E-state index is 12.4. The first kappa shape index (κ1) is 19.0. The first-order valence-electron chi connectivity index (χ1n) is 8.88. The smallest absolute Gasteiger partial charge is 0.338 e. The van der Waals surface area contributed by atoms with Gasteiger partial charge in [0.05, 0.1) is 23.6 Å². The number of furan rings is 1. The van der Waals surface area contributed by atoms with Gasteiger partial charge in [-0.3, -0.25) is 4.31 Å². The van der Waals surface area contributed by atoms with Crippen LogP contribution in [0.3, 0.4) is 0 Å². The molecule has 8 heteroatoms. The molecule has 1 aromatic heterocycles. The number of halogens is 1. The van der Waals surface area contributed by atoms with Crippen molar-refractivity contribution in [3.63, 3.8) is 0 Å². The van der Waals surface area contributed by atoms with E-state index in [0.29, 0.717) is 30.6 Å². The fourth-order valence-corrected chi connectivity index (χ4v) is 5.17. The molecule has 0 saturated carbocycles. The van der Waals surface area contributed by atoms with Crippen LogP contribution < -0.4 is 4.31 Å². The highest BCUT2D eigenvalue weighted by Crippen LogP contribution is 2.26. The van der Waals surface area contributed by atoms with Crippen molar-refractivity contribution >= 4 is 48.6 Å². The van der Waals surface area contributed by atoms with E-state index < -0.39 is 16.0 Å². The molecule has 3 aromatic rings. The lowest BCUT2D eigenvalue weighted by atomic mass is 10.2. The monoisotopic (exact) mass is 463 g/mol. The molecule has 146 valence electrons. The van der Waals surface area contributed by atoms with E-state index in [9.17, 15) is 13.2 Å². The molecule has 2 aromatic carbocycles. The van der Waals surface area contributed by atoms with Gasteiger partial charge in [-0.05, 0) is 48.9 Å². The second-order valence-electron chi connectivity index (χ2n) is 6.57. The molecule has 0 unspecified atom stereocenters. The zero-order valence-corrected chi connectivity index (χ0v) is 17.3. The average molecular weight is 464 g/mol. The molecule has 6 nitrogen and oxygen atoms in total. The fourth-order valence-electron chi connectivity index (χ4n) is 3.24. The van der Waals surface area contributed by atoms with E-state index in [-0.39, 0.29) is 12.4 Å². The molecule has 0 amide bonds. The maximum absolute atomic E-state index is 12.4. The molecule has 0 aliphatic carbocycles. The Morgan fingerprint density at radius 3 is 2.82 bits per heavy atom. The number of nitrogens with zero attached hydrogens (tertiary/aromatic N) is 1. The third-order valence-electron chi connectivity index (χ3n) is 4.58. The fraction of sp³-hybridized carbons (Fsp3) is 0.250. The highest BCUT2D eigenvalue weighted by Gasteiger charge is 2.28. The highest BCUT2D eigenvalue weighted by molar-refractivity contribution is 9.10. The van der Waals surface area contributed by atoms with Gasteiger partial charge in [0.15, 0.2) is 0 Å². The van der Waals surface area contributed by atoms with Crippen molar-refractivity contribution in [1.82, 2.24) is 0 Å². The molecule has 1 fully saturated rings. The Morgan fingerprint density at radius 2 is 2.04 bits per heavy atom. The summed E-state index contributed by atoms with van der Waals surface area (Å²) in [5, 5.41) is 0.982. The number of benzene rings is 2. The lowest BCUT2D eigenvalue weighted by Gasteiger charge is -2.17. The summed E-state index contributed by atoms with van der Waals surface area (Å²) in [7, 11) is -3.29. The van der Waals surface area contributed by atoms with Crippen LogP contribution in [0.2, 0.25) is 0 Å². The number of sulfonamides is 1. The van der Waals surface area contributed by atoms with Gasteiger partial charge in [-0.15, -0.1) is 0 Å². The lowest BCUT2D eigenvalue weighted by molar-refractivity contribution is 0.0505. The van der Waals surface area contributed by atoms with Crippen molar-refractivity contribution < 1.29 is 22.4 Å². The van der Waals surface area contributed by atoms with Gasteiger partial charge in [-0.25, -0.2) is 13.2 Å². The molecule has 0 N–H and O–H groups in total. The van der Waals surface area contributed by atoms with Crippen molar-refractivity contribution in [3.8, 4) is 0 Å². The van der Waals surface area contributed by atoms with Crippen molar-refractivity contribution in [2.75, 3.05) is 23.2 Å². The number of hydrogen-bond donors (Lipinski definition) is 0. The number of carbonyl (C=O) groups is 1. The minimum Gasteiger partial charge on any atom is -0.462 e. The van der Waals surface area contributed by atoms with Crippen LogP contribution in [0.4, 0.5) is 5.69 Å². The third kappa shape index (κ3) is 3.93. The van der Waals surface area contributed by atoms with Crippen LogP contribution in [-0.4, -0.2) is 33.3 Å². The zero-order chi connectivity index (χ0) is 19.7. The van der Waals surface area contributed by atoms with Crippen LogP contribution in [0, 0.1) is 0 Å². The van der Waals surface area contributed by atoms with Crippen LogP contribution in [-0.2, 0) is 21.2 Å². The third-order valence-corrected chi connectivity index (χ3v) is 6.94. The summed E-state index contributed by atoms with van der Waals surface area (Å²) in [4.78, 5) is 12.4. The topological polar surface area (TPSA) is 76.8 Å². The average Bonchev–Trinajstić information content (AvgIpc) is 3.23. The first-order chi connectivity index (χ1) is 13.4. The van der Waals surface area contributed by atoms with Crippen molar-refractivity contribution in [1.29, 1.82) is 0 Å². The molecule has 2 heterocycles. The largest absolute Gasteiger partial charge is 0.462 e. The molecular formula is C20H18BrNO5S. The van der Waals surface area contributed by atoms with Gasteiger partial charge < -0.3 is 9.15 Å². The van der Waals surface area contributed by atoms with Gasteiger partial charge >= 0.3 is 5.97 Å². The van der Waals surface area contributed by atoms with Crippen LogP contribution in [0.1, 0.15) is 22.5 Å². The summed E-state index contributed by atoms with van der Waals surface area (Å²) < 4.78 is 37.5. The number of carbonyl (C=O) groups excluding carboxylic acids is 1. The van der Waals surface area contributed by atoms with Gasteiger partial charge in [0.25, 0.3) is 0 Å². The molecule has 1 saturated heterocycles. The summed E-state index contributed by atoms with van der Waals surface area (Å²) in [6.45, 7) is 0.606. The number of ether oxygens (including phenoxy) is 1. The molecular weight excluding hydrogens is 446 g/mol. The van der Waals surface area contributed by atoms with E-state index in [2.05, 4.69) is 15.9 Å². The van der Waals surface area contributed by atoms with E-state index in [1.165, 1.54) is 4.31 Å². The maximum Gasteiger partial charge on any atom is 0.338 e. The summed E-state index contributed by atoms with van der Waals surface area (Å²) in [6.07, 6.45) is 1.04. The zero-order valence-electron chi connectivity index (χ0n) is 14.9. The molecule has 0 radical (unpaired) electrons. The number of fused-ring (bicyclic) bond motifs is 1. The lowest BCUT2D eigenvalue weighted by Crippen LogP contribution is -2.25.